The molecule has 0 aliphatic carbocycles. The fourth-order valence-electron chi connectivity index (χ4n) is 0.885. The van der Waals surface area contributed by atoms with Gasteiger partial charge < -0.3 is 0 Å². The molecule has 66 valence electrons. The van der Waals surface area contributed by atoms with Crippen molar-refractivity contribution >= 4 is 11.5 Å². The van der Waals surface area contributed by atoms with Crippen molar-refractivity contribution in [1.82, 2.24) is 0 Å². The van der Waals surface area contributed by atoms with Crippen molar-refractivity contribution in [2.24, 2.45) is 5.11 Å². The molecule has 1 aromatic heterocycles. The van der Waals surface area contributed by atoms with Crippen molar-refractivity contribution in [2.45, 2.75) is 6.92 Å². The molecule has 0 aromatic carbocycles. The summed E-state index contributed by atoms with van der Waals surface area (Å²) < 4.78 is 0. The lowest BCUT2D eigenvalue weighted by atomic mass is 10.3. The molecule has 7 nitrogen and oxygen atoms in total. The van der Waals surface area contributed by atoms with E-state index in [4.69, 9.17) is 5.53 Å². The van der Waals surface area contributed by atoms with Crippen LogP contribution in [0.1, 0.15) is 5.69 Å². The molecule has 1 N–H and O–H groups in total. The van der Waals surface area contributed by atoms with Crippen LogP contribution in [0.25, 0.3) is 10.4 Å². The highest BCUT2D eigenvalue weighted by atomic mass is 16.6. The molecule has 1 rings (SSSR count). The zero-order valence-corrected chi connectivity index (χ0v) is 6.76. The minimum atomic E-state index is -0.508. The predicted octanol–water partition coefficient (Wildman–Crippen LogP) is 1.66. The van der Waals surface area contributed by atoms with Crippen molar-refractivity contribution in [3.8, 4) is 0 Å². The lowest BCUT2D eigenvalue weighted by molar-refractivity contribution is -0.419. The van der Waals surface area contributed by atoms with E-state index in [0.29, 0.717) is 5.69 Å². The van der Waals surface area contributed by atoms with Crippen LogP contribution in [0.5, 0.6) is 0 Å². The SMILES string of the molecule is Cc1[nH+]c(N=[N+]=[N-])ccc1[N+](=O)[O-]. The van der Waals surface area contributed by atoms with Crippen LogP contribution in [0.4, 0.5) is 11.5 Å². The second-order valence-corrected chi connectivity index (χ2v) is 2.30. The van der Waals surface area contributed by atoms with Crippen LogP contribution < -0.4 is 4.98 Å². The summed E-state index contributed by atoms with van der Waals surface area (Å²) in [7, 11) is 0. The quantitative estimate of drug-likeness (QED) is 0.227. The first kappa shape index (κ1) is 8.95. The Morgan fingerprint density at radius 1 is 1.69 bits per heavy atom. The summed E-state index contributed by atoms with van der Waals surface area (Å²) in [6, 6.07) is 2.64. The number of aromatic amines is 1. The summed E-state index contributed by atoms with van der Waals surface area (Å²) >= 11 is 0. The van der Waals surface area contributed by atoms with E-state index in [1.807, 2.05) is 0 Å². The number of aromatic nitrogens is 1. The number of nitrogens with zero attached hydrogens (tertiary/aromatic N) is 4. The molecule has 0 bridgehead atoms. The molecule has 1 aromatic rings. The summed E-state index contributed by atoms with van der Waals surface area (Å²) in [6.45, 7) is 1.54. The molecule has 0 radical (unpaired) electrons. The summed E-state index contributed by atoms with van der Waals surface area (Å²) in [6.07, 6.45) is 0. The molecule has 13 heavy (non-hydrogen) atoms. The van der Waals surface area contributed by atoms with Crippen LogP contribution in [0.15, 0.2) is 17.2 Å². The molecule has 7 heteroatoms. The molecule has 0 saturated heterocycles. The maximum atomic E-state index is 10.4. The molecule has 0 spiro atoms. The summed E-state index contributed by atoms with van der Waals surface area (Å²) in [4.78, 5) is 15.0. The van der Waals surface area contributed by atoms with Crippen molar-refractivity contribution in [3.05, 3.63) is 38.4 Å². The Morgan fingerprint density at radius 2 is 2.38 bits per heavy atom. The fourth-order valence-corrected chi connectivity index (χ4v) is 0.885. The van der Waals surface area contributed by atoms with Gasteiger partial charge in [0.05, 0.1) is 4.92 Å². The third kappa shape index (κ3) is 1.91. The van der Waals surface area contributed by atoms with Crippen LogP contribution in [0.3, 0.4) is 0 Å². The first-order valence-electron chi connectivity index (χ1n) is 3.37. The topological polar surface area (TPSA) is 106 Å². The van der Waals surface area contributed by atoms with Crippen LogP contribution in [0.2, 0.25) is 0 Å². The standard InChI is InChI=1S/C6H5N5O2/c1-4-5(11(12)13)2-3-6(8-4)9-10-7/h2-3H,1H3/p+1. The van der Waals surface area contributed by atoms with E-state index in [2.05, 4.69) is 15.0 Å². The monoisotopic (exact) mass is 180 g/mol. The van der Waals surface area contributed by atoms with Crippen LogP contribution in [0, 0.1) is 17.0 Å². The Balaban J connectivity index is 3.19. The van der Waals surface area contributed by atoms with Gasteiger partial charge in [-0.05, 0) is 16.7 Å². The van der Waals surface area contributed by atoms with Gasteiger partial charge in [-0.3, -0.25) is 15.1 Å². The third-order valence-corrected chi connectivity index (χ3v) is 1.45. The minimum Gasteiger partial charge on any atom is -0.271 e. The largest absolute Gasteiger partial charge is 0.310 e. The molecule has 0 unspecified atom stereocenters. The molecule has 0 saturated carbocycles. The molecular weight excluding hydrogens is 174 g/mol. The van der Waals surface area contributed by atoms with Crippen molar-refractivity contribution in [3.63, 3.8) is 0 Å². The van der Waals surface area contributed by atoms with E-state index >= 15 is 0 Å². The first-order valence-corrected chi connectivity index (χ1v) is 3.37. The zero-order chi connectivity index (χ0) is 9.84. The van der Waals surface area contributed by atoms with E-state index in [0.717, 1.165) is 0 Å². The Labute approximate surface area is 72.8 Å². The maximum Gasteiger partial charge on any atom is 0.310 e. The number of H-pyrrole nitrogens is 1. The third-order valence-electron chi connectivity index (χ3n) is 1.45. The van der Waals surface area contributed by atoms with Gasteiger partial charge in [0, 0.05) is 17.9 Å². The van der Waals surface area contributed by atoms with Crippen LogP contribution in [-0.4, -0.2) is 4.92 Å². The van der Waals surface area contributed by atoms with Gasteiger partial charge in [0.25, 0.3) is 0 Å². The molecule has 0 fully saturated rings. The molecule has 1 heterocycles. The van der Waals surface area contributed by atoms with Gasteiger partial charge in [-0.1, -0.05) is 0 Å². The molecule has 0 atom stereocenters. The summed E-state index contributed by atoms with van der Waals surface area (Å²) in [5.74, 6) is 0.255. The predicted molar refractivity (Wildman–Crippen MR) is 43.2 cm³/mol. The number of hydrogen-bond donors (Lipinski definition) is 0. The van der Waals surface area contributed by atoms with Gasteiger partial charge in [-0.15, -0.1) is 0 Å². The zero-order valence-electron chi connectivity index (χ0n) is 6.76. The number of hydrogen-bond acceptors (Lipinski definition) is 3. The van der Waals surface area contributed by atoms with Gasteiger partial charge in [0.15, 0.2) is 11.5 Å². The number of nitrogens with one attached hydrogen (secondary N) is 1. The van der Waals surface area contributed by atoms with Crippen LogP contribution >= 0.6 is 0 Å². The summed E-state index contributed by atoms with van der Waals surface area (Å²) in [5.41, 5.74) is 8.42. The van der Waals surface area contributed by atoms with E-state index in [1.54, 1.807) is 0 Å². The number of pyridine rings is 1. The Morgan fingerprint density at radius 3 is 2.85 bits per heavy atom. The number of azide groups is 1. The highest BCUT2D eigenvalue weighted by Crippen LogP contribution is 2.15. The Hall–Kier alpha value is -2.14. The summed E-state index contributed by atoms with van der Waals surface area (Å²) in [5, 5.41) is 13.6. The van der Waals surface area contributed by atoms with Gasteiger partial charge in [-0.2, -0.15) is 0 Å². The van der Waals surface area contributed by atoms with Gasteiger partial charge in [-0.25, -0.2) is 0 Å². The molecule has 0 amide bonds. The van der Waals surface area contributed by atoms with E-state index < -0.39 is 4.92 Å². The van der Waals surface area contributed by atoms with Crippen molar-refractivity contribution in [2.75, 3.05) is 0 Å². The fraction of sp³-hybridized carbons (Fsp3) is 0.167. The molecule has 0 aliphatic rings. The lowest BCUT2D eigenvalue weighted by Crippen LogP contribution is -2.09. The number of nitro groups is 1. The average molecular weight is 180 g/mol. The van der Waals surface area contributed by atoms with Crippen molar-refractivity contribution < 1.29 is 9.91 Å². The minimum absolute atomic E-state index is 0.0307. The van der Waals surface area contributed by atoms with Crippen LogP contribution in [-0.2, 0) is 0 Å². The van der Waals surface area contributed by atoms with Crippen molar-refractivity contribution in [1.29, 1.82) is 0 Å². The highest BCUT2D eigenvalue weighted by Gasteiger charge is 2.12. The van der Waals surface area contributed by atoms with E-state index in [9.17, 15) is 10.1 Å². The smallest absolute Gasteiger partial charge is 0.271 e. The van der Waals surface area contributed by atoms with Gasteiger partial charge in [0.2, 0.25) is 0 Å². The Kier molecular flexibility index (Phi) is 2.41. The average Bonchev–Trinajstić information content (AvgIpc) is 2.04. The first-order chi connectivity index (χ1) is 6.15. The lowest BCUT2D eigenvalue weighted by Gasteiger charge is -1.93. The second kappa shape index (κ2) is 3.51. The van der Waals surface area contributed by atoms with E-state index in [1.165, 1.54) is 19.1 Å². The Bertz CT molecular complexity index is 396. The highest BCUT2D eigenvalue weighted by molar-refractivity contribution is 5.35. The second-order valence-electron chi connectivity index (χ2n) is 2.30. The van der Waals surface area contributed by atoms with E-state index in [-0.39, 0.29) is 11.5 Å². The molecule has 0 aliphatic heterocycles. The molecular formula is C6H6N5O2+. The van der Waals surface area contributed by atoms with Gasteiger partial charge in [0.1, 0.15) is 0 Å². The van der Waals surface area contributed by atoms with Gasteiger partial charge >= 0.3 is 5.69 Å². The number of rotatable bonds is 2. The maximum absolute atomic E-state index is 10.4. The normalized spacial score (nSPS) is 9.00. The number of aryl methyl sites for hydroxylation is 1.